The summed E-state index contributed by atoms with van der Waals surface area (Å²) < 4.78 is 12.2. The minimum Gasteiger partial charge on any atom is -0.467 e. The number of benzene rings is 1. The van der Waals surface area contributed by atoms with Gasteiger partial charge in [0.2, 0.25) is 0 Å². The Morgan fingerprint density at radius 1 is 1.19 bits per heavy atom. The fourth-order valence-electron chi connectivity index (χ4n) is 2.43. The highest BCUT2D eigenvalue weighted by molar-refractivity contribution is 6.30. The number of halogens is 1. The Balaban J connectivity index is 1.49. The molecule has 0 fully saturated rings. The summed E-state index contributed by atoms with van der Waals surface area (Å²) in [6.07, 6.45) is 3.19. The largest absolute Gasteiger partial charge is 0.467 e. The minimum absolute atomic E-state index is 0.167. The van der Waals surface area contributed by atoms with E-state index in [0.717, 1.165) is 11.3 Å². The van der Waals surface area contributed by atoms with Crippen LogP contribution in [0.1, 0.15) is 16.2 Å². The number of carbonyl (C=O) groups is 1. The number of anilines is 1. The van der Waals surface area contributed by atoms with Crippen LogP contribution in [-0.2, 0) is 6.54 Å². The van der Waals surface area contributed by atoms with Crippen molar-refractivity contribution in [3.63, 3.8) is 0 Å². The third-order valence-corrected chi connectivity index (χ3v) is 3.97. The molecule has 26 heavy (non-hydrogen) atoms. The van der Waals surface area contributed by atoms with E-state index in [9.17, 15) is 4.79 Å². The molecule has 3 aromatic heterocycles. The molecule has 0 aliphatic heterocycles. The first-order valence-corrected chi connectivity index (χ1v) is 8.15. The van der Waals surface area contributed by atoms with Crippen molar-refractivity contribution in [2.45, 2.75) is 6.54 Å². The third-order valence-electron chi connectivity index (χ3n) is 3.72. The van der Waals surface area contributed by atoms with Gasteiger partial charge in [-0.15, -0.1) is 0 Å². The van der Waals surface area contributed by atoms with Crippen molar-refractivity contribution >= 4 is 23.3 Å². The SMILES string of the molecule is O=C(Nc1ccnn1Cc1ccco1)c1cc(-c2ccc(Cl)cc2)on1. The summed E-state index contributed by atoms with van der Waals surface area (Å²) >= 11 is 5.87. The Kier molecular flexibility index (Phi) is 4.28. The van der Waals surface area contributed by atoms with Crippen LogP contribution in [0, 0.1) is 0 Å². The highest BCUT2D eigenvalue weighted by Crippen LogP contribution is 2.22. The Morgan fingerprint density at radius 2 is 2.04 bits per heavy atom. The average Bonchev–Trinajstić information content (AvgIpc) is 3.38. The van der Waals surface area contributed by atoms with E-state index in [2.05, 4.69) is 15.6 Å². The fraction of sp³-hybridized carbons (Fsp3) is 0.0556. The highest BCUT2D eigenvalue weighted by Gasteiger charge is 2.16. The molecular weight excluding hydrogens is 356 g/mol. The molecule has 8 heteroatoms. The number of carbonyl (C=O) groups excluding carboxylic acids is 1. The molecule has 0 radical (unpaired) electrons. The molecule has 0 saturated carbocycles. The zero-order valence-corrected chi connectivity index (χ0v) is 14.2. The topological polar surface area (TPSA) is 86.1 Å². The second kappa shape index (κ2) is 6.89. The molecule has 4 aromatic rings. The first-order chi connectivity index (χ1) is 12.7. The van der Waals surface area contributed by atoms with E-state index in [1.54, 1.807) is 59.6 Å². The van der Waals surface area contributed by atoms with Gasteiger partial charge in [-0.3, -0.25) is 4.79 Å². The van der Waals surface area contributed by atoms with E-state index in [4.69, 9.17) is 20.5 Å². The van der Waals surface area contributed by atoms with Gasteiger partial charge < -0.3 is 14.3 Å². The number of nitrogens with zero attached hydrogens (tertiary/aromatic N) is 3. The third kappa shape index (κ3) is 3.38. The van der Waals surface area contributed by atoms with Crippen LogP contribution in [-0.4, -0.2) is 20.8 Å². The molecule has 0 aliphatic carbocycles. The molecule has 0 saturated heterocycles. The Hall–Kier alpha value is -3.32. The first-order valence-electron chi connectivity index (χ1n) is 7.77. The van der Waals surface area contributed by atoms with Crippen LogP contribution in [0.25, 0.3) is 11.3 Å². The molecule has 1 N–H and O–H groups in total. The quantitative estimate of drug-likeness (QED) is 0.573. The zero-order valence-electron chi connectivity index (χ0n) is 13.4. The maximum Gasteiger partial charge on any atom is 0.279 e. The van der Waals surface area contributed by atoms with Gasteiger partial charge in [0.1, 0.15) is 18.1 Å². The molecule has 0 spiro atoms. The van der Waals surface area contributed by atoms with E-state index >= 15 is 0 Å². The number of hydrogen-bond acceptors (Lipinski definition) is 5. The van der Waals surface area contributed by atoms with Crippen LogP contribution >= 0.6 is 11.6 Å². The molecule has 0 atom stereocenters. The van der Waals surface area contributed by atoms with E-state index < -0.39 is 5.91 Å². The first kappa shape index (κ1) is 16.2. The van der Waals surface area contributed by atoms with Crippen molar-refractivity contribution in [2.75, 3.05) is 5.32 Å². The van der Waals surface area contributed by atoms with Gasteiger partial charge in [-0.2, -0.15) is 5.10 Å². The molecule has 130 valence electrons. The Bertz CT molecular complexity index is 1020. The minimum atomic E-state index is -0.393. The molecule has 1 aromatic carbocycles. The van der Waals surface area contributed by atoms with Gasteiger partial charge in [-0.25, -0.2) is 4.68 Å². The van der Waals surface area contributed by atoms with Crippen LogP contribution in [0.3, 0.4) is 0 Å². The van der Waals surface area contributed by atoms with Crippen molar-refractivity contribution in [3.8, 4) is 11.3 Å². The van der Waals surface area contributed by atoms with Crippen LogP contribution < -0.4 is 5.32 Å². The van der Waals surface area contributed by atoms with Gasteiger partial charge in [0.25, 0.3) is 5.91 Å². The van der Waals surface area contributed by atoms with Crippen molar-refractivity contribution < 1.29 is 13.7 Å². The van der Waals surface area contributed by atoms with E-state index in [1.807, 2.05) is 6.07 Å². The predicted molar refractivity (Wildman–Crippen MR) is 94.9 cm³/mol. The Labute approximate surface area is 153 Å². The van der Waals surface area contributed by atoms with E-state index in [1.165, 1.54) is 0 Å². The molecule has 0 unspecified atom stereocenters. The molecular formula is C18H13ClN4O3. The van der Waals surface area contributed by atoms with Crippen LogP contribution in [0.15, 0.2) is 69.9 Å². The molecule has 0 bridgehead atoms. The fourth-order valence-corrected chi connectivity index (χ4v) is 2.55. The van der Waals surface area contributed by atoms with E-state index in [0.29, 0.717) is 23.1 Å². The standard InChI is InChI=1S/C18H13ClN4O3/c19-13-5-3-12(4-6-13)16-10-15(22-26-16)18(24)21-17-7-8-20-23(17)11-14-2-1-9-25-14/h1-10H,11H2,(H,21,24). The van der Waals surface area contributed by atoms with Gasteiger partial charge in [0.15, 0.2) is 11.5 Å². The monoisotopic (exact) mass is 368 g/mol. The summed E-state index contributed by atoms with van der Waals surface area (Å²) in [5, 5.41) is 11.4. The van der Waals surface area contributed by atoms with Crippen LogP contribution in [0.5, 0.6) is 0 Å². The number of rotatable bonds is 5. The summed E-state index contributed by atoms with van der Waals surface area (Å²) in [6.45, 7) is 0.407. The Morgan fingerprint density at radius 3 is 2.81 bits per heavy atom. The van der Waals surface area contributed by atoms with Crippen LogP contribution in [0.2, 0.25) is 5.02 Å². The maximum absolute atomic E-state index is 12.4. The van der Waals surface area contributed by atoms with Gasteiger partial charge in [0.05, 0.1) is 12.5 Å². The second-order valence-electron chi connectivity index (χ2n) is 5.49. The predicted octanol–water partition coefficient (Wildman–Crippen LogP) is 4.09. The number of aromatic nitrogens is 3. The maximum atomic E-state index is 12.4. The lowest BCUT2D eigenvalue weighted by atomic mass is 10.1. The summed E-state index contributed by atoms with van der Waals surface area (Å²) in [4.78, 5) is 12.4. The lowest BCUT2D eigenvalue weighted by Gasteiger charge is -2.06. The van der Waals surface area contributed by atoms with Crippen molar-refractivity contribution in [2.24, 2.45) is 0 Å². The molecule has 3 heterocycles. The van der Waals surface area contributed by atoms with Crippen LogP contribution in [0.4, 0.5) is 5.82 Å². The number of furan rings is 1. The number of nitrogens with one attached hydrogen (secondary N) is 1. The molecule has 0 aliphatic rings. The second-order valence-corrected chi connectivity index (χ2v) is 5.93. The number of hydrogen-bond donors (Lipinski definition) is 1. The summed E-state index contributed by atoms with van der Waals surface area (Å²) in [7, 11) is 0. The van der Waals surface area contributed by atoms with Gasteiger partial charge in [0, 0.05) is 22.7 Å². The molecule has 1 amide bonds. The number of amides is 1. The van der Waals surface area contributed by atoms with E-state index in [-0.39, 0.29) is 5.69 Å². The zero-order chi connectivity index (χ0) is 17.9. The lowest BCUT2D eigenvalue weighted by Crippen LogP contribution is -2.16. The lowest BCUT2D eigenvalue weighted by molar-refractivity contribution is 0.101. The highest BCUT2D eigenvalue weighted by atomic mass is 35.5. The molecule has 7 nitrogen and oxygen atoms in total. The normalized spacial score (nSPS) is 10.8. The van der Waals surface area contributed by atoms with Gasteiger partial charge in [-0.1, -0.05) is 16.8 Å². The van der Waals surface area contributed by atoms with Crippen molar-refractivity contribution in [3.05, 3.63) is 77.5 Å². The molecule has 4 rings (SSSR count). The smallest absolute Gasteiger partial charge is 0.279 e. The average molecular weight is 369 g/mol. The summed E-state index contributed by atoms with van der Waals surface area (Å²) in [5.74, 6) is 1.35. The van der Waals surface area contributed by atoms with Crippen molar-refractivity contribution in [1.29, 1.82) is 0 Å². The summed E-state index contributed by atoms with van der Waals surface area (Å²) in [5.41, 5.74) is 0.949. The van der Waals surface area contributed by atoms with Gasteiger partial charge >= 0.3 is 0 Å². The van der Waals surface area contributed by atoms with Gasteiger partial charge in [-0.05, 0) is 36.4 Å². The summed E-state index contributed by atoms with van der Waals surface area (Å²) in [6, 6.07) is 14.0. The van der Waals surface area contributed by atoms with Crippen molar-refractivity contribution in [1.82, 2.24) is 14.9 Å².